The molecule has 1 aliphatic rings. The van der Waals surface area contributed by atoms with Crippen LogP contribution in [-0.2, 0) is 23.9 Å². The number of benzene rings is 1. The summed E-state index contributed by atoms with van der Waals surface area (Å²) in [5, 5.41) is 20.9. The standard InChI is InChI=1S/C21H28O8/c1-5-27-15-10-12(8-9-13(15)22)16-17(19(24)28-6-2)14(23)11-21(4,26)18(16)20(25)29-7-3/h8-10,16-18,22,26H,5-7,11H2,1-4H3/t16-,17-,18+,21+/m1/s1. The summed E-state index contributed by atoms with van der Waals surface area (Å²) in [6.45, 7) is 6.79. The summed E-state index contributed by atoms with van der Waals surface area (Å²) in [6, 6.07) is 4.32. The summed E-state index contributed by atoms with van der Waals surface area (Å²) < 4.78 is 15.6. The maximum atomic E-state index is 12.8. The molecule has 0 saturated heterocycles. The molecule has 0 heterocycles. The quantitative estimate of drug-likeness (QED) is 0.519. The largest absolute Gasteiger partial charge is 0.504 e. The molecule has 29 heavy (non-hydrogen) atoms. The van der Waals surface area contributed by atoms with E-state index >= 15 is 0 Å². The highest BCUT2D eigenvalue weighted by Gasteiger charge is 2.57. The lowest BCUT2D eigenvalue weighted by molar-refractivity contribution is -0.172. The van der Waals surface area contributed by atoms with Crippen LogP contribution in [0.5, 0.6) is 11.5 Å². The van der Waals surface area contributed by atoms with Gasteiger partial charge in [0.2, 0.25) is 0 Å². The van der Waals surface area contributed by atoms with E-state index in [0.29, 0.717) is 5.56 Å². The van der Waals surface area contributed by atoms with Gasteiger partial charge in [0.05, 0.1) is 31.3 Å². The van der Waals surface area contributed by atoms with E-state index in [-0.39, 0.29) is 37.7 Å². The lowest BCUT2D eigenvalue weighted by atomic mass is 9.61. The van der Waals surface area contributed by atoms with Gasteiger partial charge in [0.1, 0.15) is 5.92 Å². The van der Waals surface area contributed by atoms with Gasteiger partial charge in [-0.3, -0.25) is 14.4 Å². The maximum absolute atomic E-state index is 12.8. The zero-order valence-electron chi connectivity index (χ0n) is 17.1. The van der Waals surface area contributed by atoms with Crippen LogP contribution in [0.15, 0.2) is 18.2 Å². The molecule has 1 saturated carbocycles. The number of hydrogen-bond donors (Lipinski definition) is 2. The van der Waals surface area contributed by atoms with Gasteiger partial charge in [0.15, 0.2) is 17.3 Å². The first-order chi connectivity index (χ1) is 13.7. The number of ether oxygens (including phenoxy) is 3. The Balaban J connectivity index is 2.66. The first kappa shape index (κ1) is 22.7. The number of ketones is 1. The number of carbonyl (C=O) groups is 3. The maximum Gasteiger partial charge on any atom is 0.317 e. The highest BCUT2D eigenvalue weighted by atomic mass is 16.5. The lowest BCUT2D eigenvalue weighted by Crippen LogP contribution is -2.55. The predicted molar refractivity (Wildman–Crippen MR) is 103 cm³/mol. The van der Waals surface area contributed by atoms with Crippen molar-refractivity contribution in [1.82, 2.24) is 0 Å². The van der Waals surface area contributed by atoms with Gasteiger partial charge in [-0.05, 0) is 45.4 Å². The van der Waals surface area contributed by atoms with Gasteiger partial charge in [0, 0.05) is 12.3 Å². The number of rotatable bonds is 7. The average Bonchev–Trinajstić information content (AvgIpc) is 2.62. The van der Waals surface area contributed by atoms with Crippen LogP contribution in [0, 0.1) is 11.8 Å². The van der Waals surface area contributed by atoms with Gasteiger partial charge in [0.25, 0.3) is 0 Å². The fourth-order valence-corrected chi connectivity index (χ4v) is 3.89. The number of carbonyl (C=O) groups excluding carboxylic acids is 3. The van der Waals surface area contributed by atoms with Gasteiger partial charge in [-0.25, -0.2) is 0 Å². The Hall–Kier alpha value is -2.61. The fraction of sp³-hybridized carbons (Fsp3) is 0.571. The molecule has 4 atom stereocenters. The predicted octanol–water partition coefficient (Wildman–Crippen LogP) is 1.96. The van der Waals surface area contributed by atoms with Crippen LogP contribution in [0.25, 0.3) is 0 Å². The molecule has 0 bridgehead atoms. The number of hydrogen-bond acceptors (Lipinski definition) is 8. The van der Waals surface area contributed by atoms with E-state index in [1.165, 1.54) is 25.1 Å². The Morgan fingerprint density at radius 1 is 1.10 bits per heavy atom. The van der Waals surface area contributed by atoms with Crippen molar-refractivity contribution in [3.63, 3.8) is 0 Å². The average molecular weight is 408 g/mol. The van der Waals surface area contributed by atoms with E-state index < -0.39 is 41.1 Å². The van der Waals surface area contributed by atoms with Crippen LogP contribution >= 0.6 is 0 Å². The molecule has 2 rings (SSSR count). The second-order valence-corrected chi connectivity index (χ2v) is 7.15. The Morgan fingerprint density at radius 2 is 1.72 bits per heavy atom. The first-order valence-corrected chi connectivity index (χ1v) is 9.71. The molecule has 1 aromatic carbocycles. The summed E-state index contributed by atoms with van der Waals surface area (Å²) in [5.41, 5.74) is -1.34. The smallest absolute Gasteiger partial charge is 0.317 e. The number of phenolic OH excluding ortho intramolecular Hbond substituents is 1. The van der Waals surface area contributed by atoms with Crippen LogP contribution in [0.2, 0.25) is 0 Å². The summed E-state index contributed by atoms with van der Waals surface area (Å²) in [7, 11) is 0. The SMILES string of the molecule is CCOC(=O)[C@@H]1C(=O)C[C@](C)(O)[C@H](C(=O)OCC)[C@@H]1c1ccc(O)c(OCC)c1. The van der Waals surface area contributed by atoms with Crippen molar-refractivity contribution in [1.29, 1.82) is 0 Å². The molecule has 0 radical (unpaired) electrons. The van der Waals surface area contributed by atoms with E-state index in [1.54, 1.807) is 20.8 Å². The molecule has 8 nitrogen and oxygen atoms in total. The highest BCUT2D eigenvalue weighted by Crippen LogP contribution is 2.48. The van der Waals surface area contributed by atoms with E-state index in [0.717, 1.165) is 0 Å². The molecule has 8 heteroatoms. The van der Waals surface area contributed by atoms with E-state index in [2.05, 4.69) is 0 Å². The first-order valence-electron chi connectivity index (χ1n) is 9.71. The molecule has 0 aromatic heterocycles. The summed E-state index contributed by atoms with van der Waals surface area (Å²) in [6.07, 6.45) is -0.382. The van der Waals surface area contributed by atoms with E-state index in [1.807, 2.05) is 0 Å². The Morgan fingerprint density at radius 3 is 2.31 bits per heavy atom. The monoisotopic (exact) mass is 408 g/mol. The molecule has 1 fully saturated rings. The zero-order valence-corrected chi connectivity index (χ0v) is 17.1. The van der Waals surface area contributed by atoms with Gasteiger partial charge >= 0.3 is 11.9 Å². The molecule has 0 spiro atoms. The number of esters is 2. The molecule has 1 aromatic rings. The van der Waals surface area contributed by atoms with Crippen molar-refractivity contribution in [2.24, 2.45) is 11.8 Å². The lowest BCUT2D eigenvalue weighted by Gasteiger charge is -2.43. The van der Waals surface area contributed by atoms with Crippen molar-refractivity contribution in [3.05, 3.63) is 23.8 Å². The highest BCUT2D eigenvalue weighted by molar-refractivity contribution is 6.02. The van der Waals surface area contributed by atoms with Crippen LogP contribution in [-0.4, -0.2) is 53.4 Å². The van der Waals surface area contributed by atoms with Crippen molar-refractivity contribution < 1.29 is 38.8 Å². The summed E-state index contributed by atoms with van der Waals surface area (Å²) in [5.74, 6) is -5.49. The third-order valence-corrected chi connectivity index (χ3v) is 5.02. The minimum Gasteiger partial charge on any atom is -0.504 e. The van der Waals surface area contributed by atoms with Gasteiger partial charge in [-0.1, -0.05) is 6.07 Å². The van der Waals surface area contributed by atoms with Gasteiger partial charge in [-0.15, -0.1) is 0 Å². The van der Waals surface area contributed by atoms with Crippen molar-refractivity contribution >= 4 is 17.7 Å². The normalized spacial score (nSPS) is 26.7. The second-order valence-electron chi connectivity index (χ2n) is 7.15. The molecule has 2 N–H and O–H groups in total. The minimum absolute atomic E-state index is 0.0651. The zero-order chi connectivity index (χ0) is 21.8. The van der Waals surface area contributed by atoms with E-state index in [4.69, 9.17) is 14.2 Å². The summed E-state index contributed by atoms with van der Waals surface area (Å²) >= 11 is 0. The third kappa shape index (κ3) is 4.70. The van der Waals surface area contributed by atoms with Crippen LogP contribution in [0.3, 0.4) is 0 Å². The molecular formula is C21H28O8. The molecular weight excluding hydrogens is 380 g/mol. The fourth-order valence-electron chi connectivity index (χ4n) is 3.89. The third-order valence-electron chi connectivity index (χ3n) is 5.02. The Labute approximate surface area is 169 Å². The van der Waals surface area contributed by atoms with Gasteiger partial charge in [-0.2, -0.15) is 0 Å². The number of aromatic hydroxyl groups is 1. The molecule has 0 amide bonds. The molecule has 1 aliphatic carbocycles. The van der Waals surface area contributed by atoms with Crippen molar-refractivity contribution in [2.75, 3.05) is 19.8 Å². The Kier molecular flexibility index (Phi) is 7.24. The number of Topliss-reactive ketones (excluding diaryl/α,β-unsaturated/α-hetero) is 1. The van der Waals surface area contributed by atoms with Crippen molar-refractivity contribution in [2.45, 2.75) is 45.6 Å². The molecule has 160 valence electrons. The number of aliphatic hydroxyl groups is 1. The second kappa shape index (κ2) is 9.26. The molecule has 0 aliphatic heterocycles. The summed E-state index contributed by atoms with van der Waals surface area (Å²) in [4.78, 5) is 38.3. The van der Waals surface area contributed by atoms with Crippen LogP contribution < -0.4 is 4.74 Å². The minimum atomic E-state index is -1.72. The Bertz CT molecular complexity index is 770. The van der Waals surface area contributed by atoms with Crippen molar-refractivity contribution in [3.8, 4) is 11.5 Å². The number of phenols is 1. The van der Waals surface area contributed by atoms with Crippen LogP contribution in [0.4, 0.5) is 0 Å². The van der Waals surface area contributed by atoms with Crippen LogP contribution in [0.1, 0.15) is 45.6 Å². The topological polar surface area (TPSA) is 119 Å². The van der Waals surface area contributed by atoms with Gasteiger partial charge < -0.3 is 24.4 Å². The van der Waals surface area contributed by atoms with E-state index in [9.17, 15) is 24.6 Å². The molecule has 0 unspecified atom stereocenters.